The highest BCUT2D eigenvalue weighted by Crippen LogP contribution is 2.31. The van der Waals surface area contributed by atoms with E-state index in [1.165, 1.54) is 36.8 Å². The van der Waals surface area contributed by atoms with Gasteiger partial charge in [-0.25, -0.2) is 0 Å². The Morgan fingerprint density at radius 3 is 2.04 bits per heavy atom. The number of benzene rings is 2. The van der Waals surface area contributed by atoms with E-state index in [4.69, 9.17) is 4.74 Å². The Kier molecular flexibility index (Phi) is 8.15. The van der Waals surface area contributed by atoms with Crippen LogP contribution in [0.3, 0.4) is 0 Å². The van der Waals surface area contributed by atoms with Crippen LogP contribution in [0, 0.1) is 0 Å². The topological polar surface area (TPSA) is 9.23 Å². The summed E-state index contributed by atoms with van der Waals surface area (Å²) in [5.74, 6) is 0. The van der Waals surface area contributed by atoms with Gasteiger partial charge in [-0.05, 0) is 81.3 Å². The third kappa shape index (κ3) is 6.14. The van der Waals surface area contributed by atoms with Gasteiger partial charge in [0, 0.05) is 31.6 Å². The van der Waals surface area contributed by atoms with Crippen molar-refractivity contribution >= 4 is 90.6 Å². The fourth-order valence-electron chi connectivity index (χ4n) is 2.41. The maximum atomic E-state index is 4.94. The van der Waals surface area contributed by atoms with Gasteiger partial charge in [-0.1, -0.05) is 44.0 Å². The lowest BCUT2D eigenvalue weighted by molar-refractivity contribution is 0.198. The van der Waals surface area contributed by atoms with Crippen molar-refractivity contribution in [3.05, 3.63) is 66.6 Å². The molecule has 4 aromatic rings. The van der Waals surface area contributed by atoms with E-state index < -0.39 is 0 Å². The van der Waals surface area contributed by atoms with Crippen LogP contribution in [0.15, 0.2) is 66.6 Å². The lowest BCUT2D eigenvalue weighted by Gasteiger charge is -1.88. The van der Waals surface area contributed by atoms with E-state index in [1.807, 2.05) is 0 Å². The Hall–Kier alpha value is -0.240. The summed E-state index contributed by atoms with van der Waals surface area (Å²) in [5, 5.41) is 4.73. The van der Waals surface area contributed by atoms with Crippen LogP contribution in [-0.2, 0) is 4.74 Å². The second kappa shape index (κ2) is 10.3. The fourth-order valence-corrected chi connectivity index (χ4v) is 5.86. The lowest BCUT2D eigenvalue weighted by Crippen LogP contribution is -1.74. The summed E-state index contributed by atoms with van der Waals surface area (Å²) < 4.78 is 11.1. The molecule has 0 amide bonds. The van der Waals surface area contributed by atoms with Gasteiger partial charge in [0.15, 0.2) is 0 Å². The fraction of sp³-hybridized carbons (Fsp3) is 0.200. The standard InChI is InChI=1S/C8H4Br2S.C8H5BrS.C4H8O/c9-6-2-1-5-3-8(10)11-7(5)4-6;9-7-2-1-6-3-4-10-8(6)5-7;1-2-4-5-3-1/h1-4H;1-5H;1-4H2. The van der Waals surface area contributed by atoms with E-state index in [1.54, 1.807) is 22.7 Å². The molecule has 3 heterocycles. The van der Waals surface area contributed by atoms with Crippen molar-refractivity contribution in [1.29, 1.82) is 0 Å². The predicted molar refractivity (Wildman–Crippen MR) is 127 cm³/mol. The molecule has 6 heteroatoms. The number of halogens is 3. The van der Waals surface area contributed by atoms with Crippen LogP contribution in [-0.4, -0.2) is 13.2 Å². The lowest BCUT2D eigenvalue weighted by atomic mass is 10.3. The first-order valence-electron chi connectivity index (χ1n) is 8.17. The van der Waals surface area contributed by atoms with E-state index in [0.29, 0.717) is 0 Å². The molecule has 136 valence electrons. The first-order chi connectivity index (χ1) is 12.6. The van der Waals surface area contributed by atoms with Gasteiger partial charge in [0.05, 0.1) is 3.79 Å². The highest BCUT2D eigenvalue weighted by atomic mass is 79.9. The molecule has 26 heavy (non-hydrogen) atoms. The smallest absolute Gasteiger partial charge is 0.0711 e. The third-order valence-corrected chi connectivity index (χ3v) is 7.16. The van der Waals surface area contributed by atoms with Gasteiger partial charge in [-0.15, -0.1) is 22.7 Å². The Bertz CT molecular complexity index is 966. The molecule has 0 bridgehead atoms. The first-order valence-corrected chi connectivity index (χ1v) is 12.2. The number of ether oxygens (including phenoxy) is 1. The summed E-state index contributed by atoms with van der Waals surface area (Å²) >= 11 is 13.8. The van der Waals surface area contributed by atoms with Crippen LogP contribution in [0.5, 0.6) is 0 Å². The molecule has 0 atom stereocenters. The van der Waals surface area contributed by atoms with Crippen LogP contribution in [0.2, 0.25) is 0 Å². The Morgan fingerprint density at radius 1 is 0.731 bits per heavy atom. The summed E-state index contributed by atoms with van der Waals surface area (Å²) in [6.07, 6.45) is 2.56. The van der Waals surface area contributed by atoms with Crippen molar-refractivity contribution in [2.45, 2.75) is 12.8 Å². The summed E-state index contributed by atoms with van der Waals surface area (Å²) in [5.41, 5.74) is 0. The van der Waals surface area contributed by atoms with E-state index in [2.05, 4.69) is 102 Å². The molecule has 5 rings (SSSR count). The second-order valence-electron chi connectivity index (χ2n) is 5.65. The number of thiophene rings is 2. The average Bonchev–Trinajstić information content (AvgIpc) is 3.36. The SMILES string of the molecule is Brc1ccc2cc(Br)sc2c1.Brc1ccc2ccsc2c1.C1CCOC1. The summed E-state index contributed by atoms with van der Waals surface area (Å²) in [6.45, 7) is 2.00. The van der Waals surface area contributed by atoms with Gasteiger partial charge >= 0.3 is 0 Å². The maximum absolute atomic E-state index is 4.94. The number of fused-ring (bicyclic) bond motifs is 2. The van der Waals surface area contributed by atoms with Crippen LogP contribution in [0.1, 0.15) is 12.8 Å². The van der Waals surface area contributed by atoms with Crippen molar-refractivity contribution < 1.29 is 4.74 Å². The summed E-state index contributed by atoms with van der Waals surface area (Å²) in [6, 6.07) is 16.9. The molecule has 1 saturated heterocycles. The van der Waals surface area contributed by atoms with E-state index in [0.717, 1.165) is 22.2 Å². The highest BCUT2D eigenvalue weighted by molar-refractivity contribution is 9.11. The number of hydrogen-bond donors (Lipinski definition) is 0. The zero-order valence-corrected chi connectivity index (χ0v) is 20.3. The van der Waals surface area contributed by atoms with Crippen LogP contribution in [0.4, 0.5) is 0 Å². The molecule has 0 N–H and O–H groups in total. The highest BCUT2D eigenvalue weighted by Gasteiger charge is 1.98. The molecular weight excluding hydrogens is 560 g/mol. The molecule has 1 aliphatic heterocycles. The Balaban J connectivity index is 0.000000121. The van der Waals surface area contributed by atoms with Gasteiger partial charge in [-0.3, -0.25) is 0 Å². The van der Waals surface area contributed by atoms with Crippen LogP contribution >= 0.6 is 70.5 Å². The normalized spacial score (nSPS) is 13.2. The van der Waals surface area contributed by atoms with E-state index in [-0.39, 0.29) is 0 Å². The zero-order chi connectivity index (χ0) is 18.4. The third-order valence-electron chi connectivity index (χ3n) is 3.70. The Morgan fingerprint density at radius 2 is 1.38 bits per heavy atom. The molecule has 1 fully saturated rings. The van der Waals surface area contributed by atoms with Crippen molar-refractivity contribution in [2.24, 2.45) is 0 Å². The molecule has 0 aliphatic carbocycles. The summed E-state index contributed by atoms with van der Waals surface area (Å²) in [7, 11) is 0. The van der Waals surface area contributed by atoms with E-state index in [9.17, 15) is 0 Å². The number of hydrogen-bond acceptors (Lipinski definition) is 3. The first kappa shape index (κ1) is 20.5. The molecular formula is C20H17Br3OS2. The van der Waals surface area contributed by atoms with Gasteiger partial charge < -0.3 is 4.74 Å². The minimum Gasteiger partial charge on any atom is -0.381 e. The molecule has 2 aromatic carbocycles. The minimum atomic E-state index is 1.00. The van der Waals surface area contributed by atoms with E-state index >= 15 is 0 Å². The minimum absolute atomic E-state index is 1.00. The molecule has 0 radical (unpaired) electrons. The van der Waals surface area contributed by atoms with Crippen LogP contribution < -0.4 is 0 Å². The van der Waals surface area contributed by atoms with Crippen molar-refractivity contribution in [2.75, 3.05) is 13.2 Å². The number of rotatable bonds is 0. The van der Waals surface area contributed by atoms with Gasteiger partial charge in [0.1, 0.15) is 0 Å². The maximum Gasteiger partial charge on any atom is 0.0711 e. The van der Waals surface area contributed by atoms with Crippen molar-refractivity contribution in [3.63, 3.8) is 0 Å². The largest absolute Gasteiger partial charge is 0.381 e. The molecule has 0 spiro atoms. The van der Waals surface area contributed by atoms with Gasteiger partial charge in [-0.2, -0.15) is 0 Å². The van der Waals surface area contributed by atoms with Gasteiger partial charge in [0.2, 0.25) is 0 Å². The monoisotopic (exact) mass is 574 g/mol. The van der Waals surface area contributed by atoms with Crippen molar-refractivity contribution in [1.82, 2.24) is 0 Å². The predicted octanol–water partition coefficient (Wildman–Crippen LogP) is 8.89. The quantitative estimate of drug-likeness (QED) is 0.203. The molecule has 1 nitrogen and oxygen atoms in total. The molecule has 1 aliphatic rings. The molecule has 2 aromatic heterocycles. The van der Waals surface area contributed by atoms with Crippen LogP contribution in [0.25, 0.3) is 20.2 Å². The summed E-state index contributed by atoms with van der Waals surface area (Å²) in [4.78, 5) is 0. The second-order valence-corrected chi connectivity index (χ2v) is 10.9. The molecule has 0 saturated carbocycles. The Labute approximate surface area is 186 Å². The average molecular weight is 577 g/mol. The zero-order valence-electron chi connectivity index (χ0n) is 13.9. The van der Waals surface area contributed by atoms with Gasteiger partial charge in [0.25, 0.3) is 0 Å². The van der Waals surface area contributed by atoms with Crippen molar-refractivity contribution in [3.8, 4) is 0 Å². The molecule has 0 unspecified atom stereocenters.